The lowest BCUT2D eigenvalue weighted by atomic mass is 10.2. The van der Waals surface area contributed by atoms with E-state index in [2.05, 4.69) is 15.9 Å². The van der Waals surface area contributed by atoms with E-state index < -0.39 is 5.97 Å². The first-order chi connectivity index (χ1) is 9.60. The van der Waals surface area contributed by atoms with Crippen LogP contribution in [0.25, 0.3) is 0 Å². The minimum atomic E-state index is -0.910. The highest BCUT2D eigenvalue weighted by Crippen LogP contribution is 2.30. The van der Waals surface area contributed by atoms with Gasteiger partial charge in [-0.3, -0.25) is 0 Å². The molecule has 2 aromatic rings. The first kappa shape index (κ1) is 14.9. The molecule has 0 aromatic heterocycles. The van der Waals surface area contributed by atoms with Crippen LogP contribution in [-0.2, 0) is 5.75 Å². The molecule has 0 radical (unpaired) electrons. The van der Waals surface area contributed by atoms with E-state index in [1.807, 2.05) is 24.3 Å². The molecule has 0 unspecified atom stereocenters. The van der Waals surface area contributed by atoms with Crippen LogP contribution in [0.2, 0.25) is 0 Å². The van der Waals surface area contributed by atoms with Crippen molar-refractivity contribution in [2.24, 2.45) is 0 Å². The van der Waals surface area contributed by atoms with Gasteiger partial charge in [-0.1, -0.05) is 22.0 Å². The predicted molar refractivity (Wildman–Crippen MR) is 83.7 cm³/mol. The lowest BCUT2D eigenvalue weighted by Gasteiger charge is -2.09. The zero-order valence-electron chi connectivity index (χ0n) is 10.8. The first-order valence-electron chi connectivity index (χ1n) is 5.88. The average Bonchev–Trinajstić information content (AvgIpc) is 2.45. The maximum atomic E-state index is 10.9. The Labute approximate surface area is 130 Å². The molecule has 0 aliphatic carbocycles. The Morgan fingerprint density at radius 3 is 2.80 bits per heavy atom. The van der Waals surface area contributed by atoms with Gasteiger partial charge in [0.25, 0.3) is 0 Å². The van der Waals surface area contributed by atoms with Crippen LogP contribution in [0.15, 0.2) is 51.8 Å². The topological polar surface area (TPSA) is 46.5 Å². The summed E-state index contributed by atoms with van der Waals surface area (Å²) in [5, 5.41) is 8.98. The summed E-state index contributed by atoms with van der Waals surface area (Å²) in [6.07, 6.45) is 0. The molecule has 0 bridgehead atoms. The first-order valence-corrected chi connectivity index (χ1v) is 7.66. The Kier molecular flexibility index (Phi) is 5.09. The number of benzene rings is 2. The van der Waals surface area contributed by atoms with E-state index in [-0.39, 0.29) is 0 Å². The third kappa shape index (κ3) is 3.77. The Balaban J connectivity index is 2.14. The van der Waals surface area contributed by atoms with Crippen LogP contribution in [0.4, 0.5) is 0 Å². The number of ether oxygens (including phenoxy) is 1. The molecule has 0 atom stereocenters. The van der Waals surface area contributed by atoms with Crippen molar-refractivity contribution in [3.05, 3.63) is 58.1 Å². The lowest BCUT2D eigenvalue weighted by Crippen LogP contribution is -1.95. The lowest BCUT2D eigenvalue weighted by molar-refractivity contribution is 0.0696. The Bertz CT molecular complexity index is 628. The fourth-order valence-electron chi connectivity index (χ4n) is 1.74. The van der Waals surface area contributed by atoms with E-state index in [4.69, 9.17) is 9.84 Å². The number of carbonyl (C=O) groups is 1. The van der Waals surface area contributed by atoms with E-state index in [0.29, 0.717) is 11.3 Å². The summed E-state index contributed by atoms with van der Waals surface area (Å²) in [6, 6.07) is 12.8. The van der Waals surface area contributed by atoms with Gasteiger partial charge in [0, 0.05) is 20.7 Å². The Morgan fingerprint density at radius 1 is 1.30 bits per heavy atom. The maximum Gasteiger partial charge on any atom is 0.335 e. The van der Waals surface area contributed by atoms with Crippen LogP contribution in [0.3, 0.4) is 0 Å². The third-order valence-corrected chi connectivity index (χ3v) is 4.25. The van der Waals surface area contributed by atoms with Crippen molar-refractivity contribution in [3.63, 3.8) is 0 Å². The molecule has 0 aliphatic heterocycles. The van der Waals surface area contributed by atoms with Crippen molar-refractivity contribution < 1.29 is 14.6 Å². The number of halogens is 1. The van der Waals surface area contributed by atoms with Gasteiger partial charge in [-0.05, 0) is 36.4 Å². The molecular formula is C15H13BrO3S. The van der Waals surface area contributed by atoms with Crippen molar-refractivity contribution in [1.29, 1.82) is 0 Å². The van der Waals surface area contributed by atoms with Crippen molar-refractivity contribution in [2.45, 2.75) is 10.6 Å². The third-order valence-electron chi connectivity index (χ3n) is 2.72. The quantitative estimate of drug-likeness (QED) is 0.807. The number of carboxylic acids is 1. The molecule has 0 spiro atoms. The van der Waals surface area contributed by atoms with E-state index in [1.54, 1.807) is 37.1 Å². The van der Waals surface area contributed by atoms with Crippen LogP contribution in [0.1, 0.15) is 15.9 Å². The van der Waals surface area contributed by atoms with Crippen LogP contribution in [0, 0.1) is 0 Å². The second-order valence-electron chi connectivity index (χ2n) is 4.08. The number of rotatable bonds is 5. The highest BCUT2D eigenvalue weighted by atomic mass is 79.9. The number of hydrogen-bond donors (Lipinski definition) is 1. The minimum absolute atomic E-state index is 0.302. The summed E-state index contributed by atoms with van der Waals surface area (Å²) in [5.74, 6) is 0.633. The van der Waals surface area contributed by atoms with Crippen molar-refractivity contribution in [1.82, 2.24) is 0 Å². The predicted octanol–water partition coefficient (Wildman–Crippen LogP) is 4.45. The monoisotopic (exact) mass is 352 g/mol. The van der Waals surface area contributed by atoms with Crippen LogP contribution in [-0.4, -0.2) is 18.2 Å². The molecule has 20 heavy (non-hydrogen) atoms. The molecule has 3 nitrogen and oxygen atoms in total. The maximum absolute atomic E-state index is 10.9. The van der Waals surface area contributed by atoms with E-state index in [9.17, 15) is 4.79 Å². The van der Waals surface area contributed by atoms with E-state index in [1.165, 1.54) is 0 Å². The standard InChI is InChI=1S/C15H13BrO3S/c1-19-14-6-5-12(16)7-11(14)9-20-13-4-2-3-10(8-13)15(17)18/h2-8H,9H2,1H3,(H,17,18). The minimum Gasteiger partial charge on any atom is -0.496 e. The molecule has 0 saturated heterocycles. The molecule has 5 heteroatoms. The fourth-order valence-corrected chi connectivity index (χ4v) is 3.08. The van der Waals surface area contributed by atoms with Gasteiger partial charge in [0.05, 0.1) is 12.7 Å². The molecule has 104 valence electrons. The number of thioether (sulfide) groups is 1. The molecule has 0 saturated carbocycles. The average molecular weight is 353 g/mol. The summed E-state index contributed by atoms with van der Waals surface area (Å²) in [6.45, 7) is 0. The van der Waals surface area contributed by atoms with E-state index in [0.717, 1.165) is 20.7 Å². The number of methoxy groups -OCH3 is 1. The fraction of sp³-hybridized carbons (Fsp3) is 0.133. The molecule has 0 heterocycles. The zero-order valence-corrected chi connectivity index (χ0v) is 13.2. The number of carboxylic acid groups (broad SMARTS) is 1. The summed E-state index contributed by atoms with van der Waals surface area (Å²) < 4.78 is 6.32. The SMILES string of the molecule is COc1ccc(Br)cc1CSc1cccc(C(=O)O)c1. The van der Waals surface area contributed by atoms with Crippen molar-refractivity contribution >= 4 is 33.7 Å². The summed E-state index contributed by atoms with van der Waals surface area (Å²) in [4.78, 5) is 11.9. The molecule has 2 rings (SSSR count). The normalized spacial score (nSPS) is 10.3. The van der Waals surface area contributed by atoms with Crippen LogP contribution >= 0.6 is 27.7 Å². The van der Waals surface area contributed by atoms with Crippen LogP contribution in [0.5, 0.6) is 5.75 Å². The molecule has 2 aromatic carbocycles. The summed E-state index contributed by atoms with van der Waals surface area (Å²) in [7, 11) is 1.64. The zero-order chi connectivity index (χ0) is 14.5. The Morgan fingerprint density at radius 2 is 2.10 bits per heavy atom. The van der Waals surface area contributed by atoms with E-state index >= 15 is 0 Å². The van der Waals surface area contributed by atoms with Gasteiger partial charge >= 0.3 is 5.97 Å². The second kappa shape index (κ2) is 6.81. The highest BCUT2D eigenvalue weighted by molar-refractivity contribution is 9.10. The van der Waals surface area contributed by atoms with Gasteiger partial charge in [-0.2, -0.15) is 0 Å². The molecule has 0 amide bonds. The number of aromatic carboxylic acids is 1. The summed E-state index contributed by atoms with van der Waals surface area (Å²) in [5.41, 5.74) is 1.36. The number of hydrogen-bond acceptors (Lipinski definition) is 3. The van der Waals surface area contributed by atoms with Gasteiger partial charge in [0.15, 0.2) is 0 Å². The smallest absolute Gasteiger partial charge is 0.335 e. The molecular weight excluding hydrogens is 340 g/mol. The summed E-state index contributed by atoms with van der Waals surface area (Å²) >= 11 is 5.02. The molecule has 0 fully saturated rings. The highest BCUT2D eigenvalue weighted by Gasteiger charge is 2.07. The van der Waals surface area contributed by atoms with Gasteiger partial charge < -0.3 is 9.84 Å². The largest absolute Gasteiger partial charge is 0.496 e. The van der Waals surface area contributed by atoms with Gasteiger partial charge in [0.2, 0.25) is 0 Å². The van der Waals surface area contributed by atoms with Crippen molar-refractivity contribution in [2.75, 3.05) is 7.11 Å². The Hall–Kier alpha value is -1.46. The van der Waals surface area contributed by atoms with Gasteiger partial charge in [-0.25, -0.2) is 4.79 Å². The van der Waals surface area contributed by atoms with Gasteiger partial charge in [0.1, 0.15) is 5.75 Å². The molecule has 1 N–H and O–H groups in total. The molecule has 0 aliphatic rings. The van der Waals surface area contributed by atoms with Gasteiger partial charge in [-0.15, -0.1) is 11.8 Å². The van der Waals surface area contributed by atoms with Crippen molar-refractivity contribution in [3.8, 4) is 5.75 Å². The van der Waals surface area contributed by atoms with Crippen LogP contribution < -0.4 is 4.74 Å². The second-order valence-corrected chi connectivity index (χ2v) is 6.04.